The number of sulfonamides is 1. The largest absolute Gasteiger partial charge is 0.496 e. The van der Waals surface area contributed by atoms with E-state index in [0.29, 0.717) is 28.2 Å². The number of aromatic nitrogens is 3. The Labute approximate surface area is 177 Å². The van der Waals surface area contributed by atoms with Crippen LogP contribution in [0.2, 0.25) is 0 Å². The Balaban J connectivity index is 1.53. The molecule has 2 heterocycles. The maximum Gasteiger partial charge on any atom is 0.263 e. The number of anilines is 3. The molecule has 4 rings (SSSR count). The number of thiazole rings is 1. The summed E-state index contributed by atoms with van der Waals surface area (Å²) in [4.78, 5) is 12.8. The van der Waals surface area contributed by atoms with Crippen molar-refractivity contribution in [2.45, 2.75) is 4.90 Å². The van der Waals surface area contributed by atoms with Gasteiger partial charge in [-0.25, -0.2) is 23.4 Å². The van der Waals surface area contributed by atoms with E-state index >= 15 is 0 Å². The van der Waals surface area contributed by atoms with Gasteiger partial charge in [0.2, 0.25) is 5.95 Å². The minimum Gasteiger partial charge on any atom is -0.496 e. The summed E-state index contributed by atoms with van der Waals surface area (Å²) < 4.78 is 32.7. The summed E-state index contributed by atoms with van der Waals surface area (Å²) in [6.07, 6.45) is 3.18. The minimum absolute atomic E-state index is 0.131. The van der Waals surface area contributed by atoms with Crippen LogP contribution in [-0.4, -0.2) is 30.5 Å². The van der Waals surface area contributed by atoms with Gasteiger partial charge < -0.3 is 10.1 Å². The highest BCUT2D eigenvalue weighted by Crippen LogP contribution is 2.28. The minimum atomic E-state index is -3.70. The predicted octanol–water partition coefficient (Wildman–Crippen LogP) is 4.15. The monoisotopic (exact) mass is 439 g/mol. The molecule has 0 aliphatic rings. The topological polar surface area (TPSA) is 106 Å². The number of methoxy groups -OCH3 is 1. The average molecular weight is 440 g/mol. The van der Waals surface area contributed by atoms with Crippen molar-refractivity contribution in [3.05, 3.63) is 72.4 Å². The maximum absolute atomic E-state index is 12.4. The van der Waals surface area contributed by atoms with E-state index < -0.39 is 10.0 Å². The lowest BCUT2D eigenvalue weighted by Crippen LogP contribution is -2.12. The number of rotatable bonds is 7. The third-order valence-electron chi connectivity index (χ3n) is 4.11. The lowest BCUT2D eigenvalue weighted by molar-refractivity contribution is 0.416. The molecule has 0 atom stereocenters. The number of nitrogens with one attached hydrogen (secondary N) is 2. The summed E-state index contributed by atoms with van der Waals surface area (Å²) >= 11 is 1.21. The summed E-state index contributed by atoms with van der Waals surface area (Å²) in [5.74, 6) is 1.10. The van der Waals surface area contributed by atoms with Gasteiger partial charge in [0.1, 0.15) is 5.75 Å². The molecule has 0 saturated heterocycles. The smallest absolute Gasteiger partial charge is 0.263 e. The lowest BCUT2D eigenvalue weighted by atomic mass is 10.1. The Hall–Kier alpha value is -3.50. The van der Waals surface area contributed by atoms with Gasteiger partial charge in [-0.15, -0.1) is 11.3 Å². The van der Waals surface area contributed by atoms with Crippen LogP contribution in [0, 0.1) is 0 Å². The fourth-order valence-corrected chi connectivity index (χ4v) is 4.51. The number of ether oxygens (including phenoxy) is 1. The fourth-order valence-electron chi connectivity index (χ4n) is 2.72. The molecule has 30 heavy (non-hydrogen) atoms. The first kappa shape index (κ1) is 19.8. The van der Waals surface area contributed by atoms with Crippen LogP contribution in [0.1, 0.15) is 0 Å². The summed E-state index contributed by atoms with van der Waals surface area (Å²) in [5.41, 5.74) is 2.21. The number of nitrogens with zero attached hydrogens (tertiary/aromatic N) is 3. The molecule has 0 aliphatic heterocycles. The van der Waals surface area contributed by atoms with Crippen LogP contribution in [0.25, 0.3) is 11.3 Å². The zero-order valence-corrected chi connectivity index (χ0v) is 17.4. The molecule has 0 radical (unpaired) electrons. The average Bonchev–Trinajstić information content (AvgIpc) is 3.26. The second-order valence-corrected chi connectivity index (χ2v) is 8.63. The van der Waals surface area contributed by atoms with Crippen LogP contribution in [0.5, 0.6) is 5.75 Å². The van der Waals surface area contributed by atoms with E-state index in [1.807, 2.05) is 24.3 Å². The first-order valence-electron chi connectivity index (χ1n) is 8.81. The van der Waals surface area contributed by atoms with Crippen LogP contribution >= 0.6 is 11.3 Å². The highest BCUT2D eigenvalue weighted by Gasteiger charge is 2.15. The van der Waals surface area contributed by atoms with Crippen molar-refractivity contribution < 1.29 is 13.2 Å². The van der Waals surface area contributed by atoms with Gasteiger partial charge in [-0.05, 0) is 42.5 Å². The van der Waals surface area contributed by atoms with Gasteiger partial charge in [-0.2, -0.15) is 0 Å². The fraction of sp³-hybridized carbons (Fsp3) is 0.0500. The van der Waals surface area contributed by atoms with Gasteiger partial charge in [0, 0.05) is 29.0 Å². The predicted molar refractivity (Wildman–Crippen MR) is 117 cm³/mol. The van der Waals surface area contributed by atoms with E-state index in [2.05, 4.69) is 25.0 Å². The van der Waals surface area contributed by atoms with Crippen LogP contribution in [0.15, 0.2) is 77.3 Å². The van der Waals surface area contributed by atoms with Crippen LogP contribution in [0.4, 0.5) is 16.8 Å². The molecule has 0 unspecified atom stereocenters. The molecule has 0 spiro atoms. The Morgan fingerprint density at radius 3 is 2.50 bits per heavy atom. The van der Waals surface area contributed by atoms with E-state index in [1.54, 1.807) is 36.9 Å². The maximum atomic E-state index is 12.4. The molecule has 2 aromatic heterocycles. The molecule has 0 aliphatic carbocycles. The second kappa shape index (κ2) is 8.47. The Kier molecular flexibility index (Phi) is 5.59. The van der Waals surface area contributed by atoms with Crippen molar-refractivity contribution in [1.82, 2.24) is 15.0 Å². The van der Waals surface area contributed by atoms with Crippen molar-refractivity contribution in [3.63, 3.8) is 0 Å². The van der Waals surface area contributed by atoms with Crippen molar-refractivity contribution in [2.24, 2.45) is 0 Å². The molecule has 152 valence electrons. The number of hydrogen-bond donors (Lipinski definition) is 2. The Morgan fingerprint density at radius 2 is 1.77 bits per heavy atom. The standard InChI is InChI=1S/C20H17N5O3S2/c1-28-18-5-3-2-4-16(18)17-10-11-21-19(24-17)23-14-6-8-15(9-7-14)30(26,27)25-20-22-12-13-29-20/h2-13H,1H3,(H,22,25)(H,21,23,24). The third kappa shape index (κ3) is 4.39. The molecular formula is C20H17N5O3S2. The summed E-state index contributed by atoms with van der Waals surface area (Å²) in [5, 5.41) is 5.10. The molecule has 0 bridgehead atoms. The van der Waals surface area contributed by atoms with E-state index in [-0.39, 0.29) is 4.90 Å². The lowest BCUT2D eigenvalue weighted by Gasteiger charge is -2.10. The van der Waals surface area contributed by atoms with Gasteiger partial charge in [0.25, 0.3) is 10.0 Å². The summed E-state index contributed by atoms with van der Waals surface area (Å²) in [6, 6.07) is 15.7. The number of para-hydroxylation sites is 1. The van der Waals surface area contributed by atoms with E-state index in [1.165, 1.54) is 29.7 Å². The third-order valence-corrected chi connectivity index (χ3v) is 6.29. The molecule has 4 aromatic rings. The van der Waals surface area contributed by atoms with Crippen molar-refractivity contribution in [1.29, 1.82) is 0 Å². The molecule has 0 amide bonds. The van der Waals surface area contributed by atoms with Crippen molar-refractivity contribution in [2.75, 3.05) is 17.1 Å². The van der Waals surface area contributed by atoms with E-state index in [9.17, 15) is 8.42 Å². The normalized spacial score (nSPS) is 11.1. The molecule has 0 saturated carbocycles. The number of hydrogen-bond acceptors (Lipinski definition) is 8. The Bertz CT molecular complexity index is 1240. The molecular weight excluding hydrogens is 422 g/mol. The SMILES string of the molecule is COc1ccccc1-c1ccnc(Nc2ccc(S(=O)(=O)Nc3nccs3)cc2)n1. The highest BCUT2D eigenvalue weighted by molar-refractivity contribution is 7.93. The zero-order chi connectivity index (χ0) is 21.0. The van der Waals surface area contributed by atoms with Gasteiger partial charge in [-0.1, -0.05) is 12.1 Å². The van der Waals surface area contributed by atoms with Crippen LogP contribution < -0.4 is 14.8 Å². The van der Waals surface area contributed by atoms with Gasteiger partial charge >= 0.3 is 0 Å². The zero-order valence-electron chi connectivity index (χ0n) is 15.8. The van der Waals surface area contributed by atoms with Gasteiger partial charge in [0.15, 0.2) is 5.13 Å². The molecule has 8 nitrogen and oxygen atoms in total. The van der Waals surface area contributed by atoms with Crippen molar-refractivity contribution >= 4 is 38.1 Å². The van der Waals surface area contributed by atoms with Crippen molar-refractivity contribution in [3.8, 4) is 17.0 Å². The number of benzene rings is 2. The van der Waals surface area contributed by atoms with E-state index in [4.69, 9.17) is 4.74 Å². The van der Waals surface area contributed by atoms with E-state index in [0.717, 1.165) is 5.56 Å². The van der Waals surface area contributed by atoms with Gasteiger partial charge in [-0.3, -0.25) is 4.72 Å². The second-order valence-electron chi connectivity index (χ2n) is 6.06. The first-order valence-corrected chi connectivity index (χ1v) is 11.2. The Morgan fingerprint density at radius 1 is 0.967 bits per heavy atom. The van der Waals surface area contributed by atoms with Crippen LogP contribution in [0.3, 0.4) is 0 Å². The summed E-state index contributed by atoms with van der Waals surface area (Å²) in [6.45, 7) is 0. The quantitative estimate of drug-likeness (QED) is 0.445. The van der Waals surface area contributed by atoms with Crippen LogP contribution in [-0.2, 0) is 10.0 Å². The molecule has 2 N–H and O–H groups in total. The van der Waals surface area contributed by atoms with Gasteiger partial charge in [0.05, 0.1) is 17.7 Å². The molecule has 0 fully saturated rings. The highest BCUT2D eigenvalue weighted by atomic mass is 32.2. The summed E-state index contributed by atoms with van der Waals surface area (Å²) in [7, 11) is -2.09. The molecule has 10 heteroatoms. The first-order chi connectivity index (χ1) is 14.5. The molecule has 2 aromatic carbocycles.